The second-order valence-electron chi connectivity index (χ2n) is 2.32. The van der Waals surface area contributed by atoms with Crippen molar-refractivity contribution in [3.05, 3.63) is 17.8 Å². The van der Waals surface area contributed by atoms with Gasteiger partial charge >= 0.3 is 5.97 Å². The lowest BCUT2D eigenvalue weighted by Gasteiger charge is -2.04. The Kier molecular flexibility index (Phi) is 3.13. The van der Waals surface area contributed by atoms with Crippen molar-refractivity contribution in [3.63, 3.8) is 0 Å². The van der Waals surface area contributed by atoms with Gasteiger partial charge in [0.2, 0.25) is 0 Å². The SMILES string of the molecule is COC(=O)c1cc(N)cnc1SC. The molecule has 2 N–H and O–H groups in total. The molecule has 13 heavy (non-hydrogen) atoms. The zero-order valence-electron chi connectivity index (χ0n) is 7.40. The Morgan fingerprint density at radius 3 is 2.92 bits per heavy atom. The number of thioether (sulfide) groups is 1. The van der Waals surface area contributed by atoms with E-state index in [0.717, 1.165) is 0 Å². The summed E-state index contributed by atoms with van der Waals surface area (Å²) in [5.41, 5.74) is 6.36. The predicted octanol–water partition coefficient (Wildman–Crippen LogP) is 1.17. The second kappa shape index (κ2) is 4.13. The first-order valence-corrected chi connectivity index (χ1v) is 4.79. The van der Waals surface area contributed by atoms with Crippen molar-refractivity contribution < 1.29 is 9.53 Å². The number of carbonyl (C=O) groups is 1. The molecule has 0 spiro atoms. The molecule has 0 amide bonds. The third-order valence-corrected chi connectivity index (χ3v) is 2.18. The van der Waals surface area contributed by atoms with Crippen LogP contribution in [0.5, 0.6) is 0 Å². The van der Waals surface area contributed by atoms with E-state index >= 15 is 0 Å². The summed E-state index contributed by atoms with van der Waals surface area (Å²) in [5.74, 6) is -0.413. The van der Waals surface area contributed by atoms with E-state index in [9.17, 15) is 4.79 Å². The van der Waals surface area contributed by atoms with E-state index < -0.39 is 5.97 Å². The topological polar surface area (TPSA) is 65.2 Å². The van der Waals surface area contributed by atoms with Crippen molar-refractivity contribution in [2.24, 2.45) is 0 Å². The minimum absolute atomic E-state index is 0.412. The molecular weight excluding hydrogens is 188 g/mol. The van der Waals surface area contributed by atoms with Gasteiger partial charge in [-0.2, -0.15) is 0 Å². The Labute approximate surface area is 80.5 Å². The molecule has 0 aliphatic rings. The Bertz CT molecular complexity index is 328. The lowest BCUT2D eigenvalue weighted by molar-refractivity contribution is 0.0596. The van der Waals surface area contributed by atoms with Crippen molar-refractivity contribution in [2.75, 3.05) is 19.1 Å². The van der Waals surface area contributed by atoms with Crippen LogP contribution in [-0.4, -0.2) is 24.3 Å². The highest BCUT2D eigenvalue weighted by Gasteiger charge is 2.12. The minimum atomic E-state index is -0.413. The second-order valence-corrected chi connectivity index (χ2v) is 3.11. The highest BCUT2D eigenvalue weighted by atomic mass is 32.2. The Hall–Kier alpha value is -1.23. The van der Waals surface area contributed by atoms with Gasteiger partial charge in [0.1, 0.15) is 5.03 Å². The van der Waals surface area contributed by atoms with Gasteiger partial charge < -0.3 is 10.5 Å². The third-order valence-electron chi connectivity index (χ3n) is 1.47. The van der Waals surface area contributed by atoms with Crippen molar-refractivity contribution >= 4 is 23.4 Å². The number of ether oxygens (including phenoxy) is 1. The first kappa shape index (κ1) is 9.85. The van der Waals surface area contributed by atoms with Crippen LogP contribution in [0.25, 0.3) is 0 Å². The first-order valence-electron chi connectivity index (χ1n) is 3.57. The van der Waals surface area contributed by atoms with Crippen LogP contribution in [0.2, 0.25) is 0 Å². The number of nitrogens with two attached hydrogens (primary N) is 1. The standard InChI is InChI=1S/C8H10N2O2S/c1-12-8(11)6-3-5(9)4-10-7(6)13-2/h3-4H,9H2,1-2H3. The molecule has 0 aromatic carbocycles. The molecule has 1 heterocycles. The maximum Gasteiger partial charge on any atom is 0.340 e. The van der Waals surface area contributed by atoms with Gasteiger partial charge in [0.25, 0.3) is 0 Å². The van der Waals surface area contributed by atoms with Crippen LogP contribution in [0, 0.1) is 0 Å². The van der Waals surface area contributed by atoms with E-state index in [4.69, 9.17) is 5.73 Å². The first-order chi connectivity index (χ1) is 6.19. The van der Waals surface area contributed by atoms with E-state index in [2.05, 4.69) is 9.72 Å². The van der Waals surface area contributed by atoms with E-state index in [1.165, 1.54) is 25.1 Å². The number of carbonyl (C=O) groups excluding carboxylic acids is 1. The number of esters is 1. The number of hydrogen-bond donors (Lipinski definition) is 1. The highest BCUT2D eigenvalue weighted by Crippen LogP contribution is 2.19. The quantitative estimate of drug-likeness (QED) is 0.571. The summed E-state index contributed by atoms with van der Waals surface area (Å²) in [6.07, 6.45) is 3.35. The number of aromatic nitrogens is 1. The number of pyridine rings is 1. The normalized spacial score (nSPS) is 9.69. The Morgan fingerprint density at radius 2 is 2.38 bits per heavy atom. The molecule has 70 valence electrons. The fourth-order valence-electron chi connectivity index (χ4n) is 0.887. The zero-order valence-corrected chi connectivity index (χ0v) is 8.22. The molecule has 1 aromatic rings. The molecule has 0 saturated heterocycles. The zero-order chi connectivity index (χ0) is 9.84. The molecule has 0 unspecified atom stereocenters. The molecule has 0 radical (unpaired) electrons. The maximum atomic E-state index is 11.2. The fraction of sp³-hybridized carbons (Fsp3) is 0.250. The van der Waals surface area contributed by atoms with Crippen molar-refractivity contribution in [1.82, 2.24) is 4.98 Å². The number of nitrogens with zero attached hydrogens (tertiary/aromatic N) is 1. The van der Waals surface area contributed by atoms with Crippen LogP contribution in [0.3, 0.4) is 0 Å². The molecule has 5 heteroatoms. The van der Waals surface area contributed by atoms with Gasteiger partial charge in [-0.25, -0.2) is 9.78 Å². The van der Waals surface area contributed by atoms with Gasteiger partial charge in [-0.1, -0.05) is 0 Å². The van der Waals surface area contributed by atoms with E-state index in [1.54, 1.807) is 6.07 Å². The fourth-order valence-corrected chi connectivity index (χ4v) is 1.41. The number of nitrogen functional groups attached to an aromatic ring is 1. The van der Waals surface area contributed by atoms with E-state index in [1.807, 2.05) is 6.26 Å². The number of hydrogen-bond acceptors (Lipinski definition) is 5. The molecule has 4 nitrogen and oxygen atoms in total. The molecular formula is C8H10N2O2S. The summed E-state index contributed by atoms with van der Waals surface area (Å²) in [5, 5.41) is 0.626. The highest BCUT2D eigenvalue weighted by molar-refractivity contribution is 7.98. The van der Waals surface area contributed by atoms with Crippen LogP contribution in [0.4, 0.5) is 5.69 Å². The summed E-state index contributed by atoms with van der Waals surface area (Å²) in [7, 11) is 1.33. The summed E-state index contributed by atoms with van der Waals surface area (Å²) in [6.45, 7) is 0. The monoisotopic (exact) mass is 198 g/mol. The Morgan fingerprint density at radius 1 is 1.69 bits per heavy atom. The number of methoxy groups -OCH3 is 1. The lowest BCUT2D eigenvalue weighted by Crippen LogP contribution is -2.05. The number of anilines is 1. The van der Waals surface area contributed by atoms with Gasteiger partial charge in [-0.3, -0.25) is 0 Å². The summed E-state index contributed by atoms with van der Waals surface area (Å²) < 4.78 is 4.59. The molecule has 0 aliphatic heterocycles. The van der Waals surface area contributed by atoms with Crippen LogP contribution in [0.15, 0.2) is 17.3 Å². The van der Waals surface area contributed by atoms with E-state index in [0.29, 0.717) is 16.3 Å². The predicted molar refractivity (Wildman–Crippen MR) is 51.8 cm³/mol. The van der Waals surface area contributed by atoms with Gasteiger partial charge in [-0.05, 0) is 12.3 Å². The van der Waals surface area contributed by atoms with Crippen LogP contribution in [-0.2, 0) is 4.74 Å². The average molecular weight is 198 g/mol. The minimum Gasteiger partial charge on any atom is -0.465 e. The molecule has 0 atom stereocenters. The number of rotatable bonds is 2. The van der Waals surface area contributed by atoms with Gasteiger partial charge in [0, 0.05) is 0 Å². The maximum absolute atomic E-state index is 11.2. The van der Waals surface area contributed by atoms with Gasteiger partial charge in [0.15, 0.2) is 0 Å². The molecule has 1 rings (SSSR count). The van der Waals surface area contributed by atoms with Crippen LogP contribution >= 0.6 is 11.8 Å². The summed E-state index contributed by atoms with van der Waals surface area (Å²) >= 11 is 1.38. The lowest BCUT2D eigenvalue weighted by atomic mass is 10.3. The van der Waals surface area contributed by atoms with Crippen LogP contribution in [0.1, 0.15) is 10.4 Å². The molecule has 0 bridgehead atoms. The van der Waals surface area contributed by atoms with Crippen molar-refractivity contribution in [2.45, 2.75) is 5.03 Å². The van der Waals surface area contributed by atoms with Crippen molar-refractivity contribution in [1.29, 1.82) is 0 Å². The van der Waals surface area contributed by atoms with Crippen molar-refractivity contribution in [3.8, 4) is 0 Å². The summed E-state index contributed by atoms with van der Waals surface area (Å²) in [6, 6.07) is 1.56. The largest absolute Gasteiger partial charge is 0.465 e. The summed E-state index contributed by atoms with van der Waals surface area (Å²) in [4.78, 5) is 15.2. The third kappa shape index (κ3) is 2.12. The molecule has 1 aromatic heterocycles. The van der Waals surface area contributed by atoms with E-state index in [-0.39, 0.29) is 0 Å². The molecule has 0 aliphatic carbocycles. The Balaban J connectivity index is 3.15. The average Bonchev–Trinajstić information content (AvgIpc) is 2.16. The van der Waals surface area contributed by atoms with Crippen LogP contribution < -0.4 is 5.73 Å². The smallest absolute Gasteiger partial charge is 0.340 e. The van der Waals surface area contributed by atoms with Gasteiger partial charge in [0.05, 0.1) is 24.6 Å². The molecule has 0 fully saturated rings. The van der Waals surface area contributed by atoms with Gasteiger partial charge in [-0.15, -0.1) is 11.8 Å². The molecule has 0 saturated carbocycles.